The maximum absolute atomic E-state index is 5.81. The average molecular weight is 200 g/mol. The minimum absolute atomic E-state index is 0.444. The van der Waals surface area contributed by atoms with E-state index in [4.69, 9.17) is 17.3 Å². The van der Waals surface area contributed by atoms with Crippen molar-refractivity contribution in [2.75, 3.05) is 5.73 Å². The van der Waals surface area contributed by atoms with Crippen LogP contribution in [0.1, 0.15) is 25.7 Å². The van der Waals surface area contributed by atoms with E-state index in [-0.39, 0.29) is 0 Å². The molecule has 1 fully saturated rings. The van der Waals surface area contributed by atoms with Gasteiger partial charge in [-0.3, -0.25) is 4.68 Å². The Hall–Kier alpha value is -0.700. The number of nitrogen functional groups attached to an aromatic ring is 1. The van der Waals surface area contributed by atoms with E-state index in [1.54, 1.807) is 0 Å². The van der Waals surface area contributed by atoms with Crippen molar-refractivity contribution < 1.29 is 0 Å². The molecule has 1 aliphatic rings. The molecule has 2 rings (SSSR count). The first-order valence-corrected chi connectivity index (χ1v) is 5.12. The van der Waals surface area contributed by atoms with Crippen molar-refractivity contribution in [1.82, 2.24) is 9.78 Å². The van der Waals surface area contributed by atoms with Crippen molar-refractivity contribution in [2.45, 2.75) is 32.2 Å². The van der Waals surface area contributed by atoms with Crippen LogP contribution in [0.5, 0.6) is 0 Å². The Morgan fingerprint density at radius 3 is 2.77 bits per heavy atom. The van der Waals surface area contributed by atoms with Crippen molar-refractivity contribution in [3.63, 3.8) is 0 Å². The molecular weight excluding hydrogens is 186 g/mol. The molecule has 4 heteroatoms. The number of nitrogens with two attached hydrogens (primary N) is 1. The smallest absolute Gasteiger partial charge is 0.164 e. The SMILES string of the molecule is Nc1nn(CC2CCCC2)cc1Cl. The second kappa shape index (κ2) is 3.58. The second-order valence-electron chi connectivity index (χ2n) is 3.73. The van der Waals surface area contributed by atoms with E-state index in [0.717, 1.165) is 12.5 Å². The highest BCUT2D eigenvalue weighted by Crippen LogP contribution is 2.26. The zero-order valence-electron chi connectivity index (χ0n) is 7.54. The van der Waals surface area contributed by atoms with Crippen LogP contribution in [0.4, 0.5) is 5.82 Å². The van der Waals surface area contributed by atoms with Crippen molar-refractivity contribution in [1.29, 1.82) is 0 Å². The first-order chi connectivity index (χ1) is 6.25. The lowest BCUT2D eigenvalue weighted by molar-refractivity contribution is 0.430. The van der Waals surface area contributed by atoms with Crippen molar-refractivity contribution in [3.8, 4) is 0 Å². The summed E-state index contributed by atoms with van der Waals surface area (Å²) in [4.78, 5) is 0. The molecule has 0 saturated heterocycles. The maximum atomic E-state index is 5.81. The topological polar surface area (TPSA) is 43.8 Å². The van der Waals surface area contributed by atoms with E-state index >= 15 is 0 Å². The molecule has 3 nitrogen and oxygen atoms in total. The van der Waals surface area contributed by atoms with E-state index < -0.39 is 0 Å². The van der Waals surface area contributed by atoms with Gasteiger partial charge in [-0.15, -0.1) is 0 Å². The second-order valence-corrected chi connectivity index (χ2v) is 4.14. The van der Waals surface area contributed by atoms with Gasteiger partial charge in [-0.25, -0.2) is 0 Å². The Bertz CT molecular complexity index is 270. The largest absolute Gasteiger partial charge is 0.381 e. The highest BCUT2D eigenvalue weighted by Gasteiger charge is 2.16. The van der Waals surface area contributed by atoms with Crippen LogP contribution in [-0.4, -0.2) is 9.78 Å². The van der Waals surface area contributed by atoms with Crippen LogP contribution >= 0.6 is 11.6 Å². The molecule has 2 N–H and O–H groups in total. The summed E-state index contributed by atoms with van der Waals surface area (Å²) in [5, 5.41) is 4.70. The Morgan fingerprint density at radius 1 is 1.54 bits per heavy atom. The fourth-order valence-electron chi connectivity index (χ4n) is 1.96. The van der Waals surface area contributed by atoms with Crippen LogP contribution in [0.25, 0.3) is 0 Å². The van der Waals surface area contributed by atoms with Crippen molar-refractivity contribution in [3.05, 3.63) is 11.2 Å². The van der Waals surface area contributed by atoms with Gasteiger partial charge in [0.1, 0.15) is 5.02 Å². The lowest BCUT2D eigenvalue weighted by Crippen LogP contribution is -2.07. The Kier molecular flexibility index (Phi) is 2.44. The Balaban J connectivity index is 2.00. The van der Waals surface area contributed by atoms with Gasteiger partial charge in [0.25, 0.3) is 0 Å². The third-order valence-electron chi connectivity index (χ3n) is 2.66. The van der Waals surface area contributed by atoms with E-state index in [9.17, 15) is 0 Å². The summed E-state index contributed by atoms with van der Waals surface area (Å²) in [5.41, 5.74) is 5.55. The van der Waals surface area contributed by atoms with Crippen LogP contribution in [0.15, 0.2) is 6.20 Å². The third kappa shape index (κ3) is 1.97. The first-order valence-electron chi connectivity index (χ1n) is 4.74. The van der Waals surface area contributed by atoms with Gasteiger partial charge >= 0.3 is 0 Å². The first kappa shape index (κ1) is 8.88. The lowest BCUT2D eigenvalue weighted by atomic mass is 10.1. The van der Waals surface area contributed by atoms with Crippen LogP contribution in [0.2, 0.25) is 5.02 Å². The summed E-state index contributed by atoms with van der Waals surface area (Å²) in [6.07, 6.45) is 7.16. The summed E-state index contributed by atoms with van der Waals surface area (Å²) in [5.74, 6) is 1.22. The number of nitrogens with zero attached hydrogens (tertiary/aromatic N) is 2. The molecule has 0 aliphatic heterocycles. The molecule has 13 heavy (non-hydrogen) atoms. The van der Waals surface area contributed by atoms with Gasteiger partial charge in [-0.05, 0) is 18.8 Å². The summed E-state index contributed by atoms with van der Waals surface area (Å²) in [7, 11) is 0. The quantitative estimate of drug-likeness (QED) is 0.795. The molecule has 1 saturated carbocycles. The van der Waals surface area contributed by atoms with Gasteiger partial charge in [0, 0.05) is 12.7 Å². The molecule has 1 heterocycles. The summed E-state index contributed by atoms with van der Waals surface area (Å²) < 4.78 is 1.87. The third-order valence-corrected chi connectivity index (χ3v) is 2.95. The highest BCUT2D eigenvalue weighted by molar-refractivity contribution is 6.32. The molecule has 0 atom stereocenters. The normalized spacial score (nSPS) is 18.2. The maximum Gasteiger partial charge on any atom is 0.164 e. The summed E-state index contributed by atoms with van der Waals surface area (Å²) in [6, 6.07) is 0. The molecule has 1 aromatic rings. The fourth-order valence-corrected chi connectivity index (χ4v) is 2.11. The monoisotopic (exact) mass is 199 g/mol. The number of anilines is 1. The molecular formula is C9H14ClN3. The van der Waals surface area contributed by atoms with Gasteiger partial charge < -0.3 is 5.73 Å². The van der Waals surface area contributed by atoms with Gasteiger partial charge in [-0.2, -0.15) is 5.10 Å². The predicted octanol–water partition coefficient (Wildman–Crippen LogP) is 2.31. The minimum Gasteiger partial charge on any atom is -0.381 e. The molecule has 0 unspecified atom stereocenters. The number of rotatable bonds is 2. The van der Waals surface area contributed by atoms with Gasteiger partial charge in [0.2, 0.25) is 0 Å². The molecule has 0 amide bonds. The molecule has 1 aliphatic carbocycles. The number of halogens is 1. The van der Waals surface area contributed by atoms with Gasteiger partial charge in [0.05, 0.1) is 0 Å². The van der Waals surface area contributed by atoms with E-state index in [2.05, 4.69) is 5.10 Å². The fraction of sp³-hybridized carbons (Fsp3) is 0.667. The highest BCUT2D eigenvalue weighted by atomic mass is 35.5. The molecule has 0 aromatic carbocycles. The summed E-state index contributed by atoms with van der Waals surface area (Å²) >= 11 is 5.81. The van der Waals surface area contributed by atoms with Crippen molar-refractivity contribution in [2.24, 2.45) is 5.92 Å². The lowest BCUT2D eigenvalue weighted by Gasteiger charge is -2.07. The van der Waals surface area contributed by atoms with Crippen LogP contribution in [0.3, 0.4) is 0 Å². The molecule has 0 spiro atoms. The number of hydrogen-bond acceptors (Lipinski definition) is 2. The van der Waals surface area contributed by atoms with Gasteiger partial charge in [0.15, 0.2) is 5.82 Å². The Morgan fingerprint density at radius 2 is 2.23 bits per heavy atom. The van der Waals surface area contributed by atoms with Gasteiger partial charge in [-0.1, -0.05) is 24.4 Å². The number of aromatic nitrogens is 2. The van der Waals surface area contributed by atoms with E-state index in [1.807, 2.05) is 10.9 Å². The minimum atomic E-state index is 0.444. The van der Waals surface area contributed by atoms with E-state index in [1.165, 1.54) is 25.7 Å². The van der Waals surface area contributed by atoms with Crippen molar-refractivity contribution >= 4 is 17.4 Å². The molecule has 72 valence electrons. The molecule has 0 bridgehead atoms. The Labute approximate surface area is 82.9 Å². The number of hydrogen-bond donors (Lipinski definition) is 1. The predicted molar refractivity (Wildman–Crippen MR) is 53.6 cm³/mol. The average Bonchev–Trinajstić information content (AvgIpc) is 2.64. The molecule has 0 radical (unpaired) electrons. The van der Waals surface area contributed by atoms with Crippen LogP contribution < -0.4 is 5.73 Å². The summed E-state index contributed by atoms with van der Waals surface area (Å²) in [6.45, 7) is 0.969. The zero-order chi connectivity index (χ0) is 9.26. The van der Waals surface area contributed by atoms with Crippen LogP contribution in [0, 0.1) is 5.92 Å². The van der Waals surface area contributed by atoms with Crippen LogP contribution in [-0.2, 0) is 6.54 Å². The molecule has 1 aromatic heterocycles. The zero-order valence-corrected chi connectivity index (χ0v) is 8.30. The standard InChI is InChI=1S/C9H14ClN3/c10-8-6-13(12-9(8)11)5-7-3-1-2-4-7/h6-7H,1-5H2,(H2,11,12). The van der Waals surface area contributed by atoms with E-state index in [0.29, 0.717) is 10.8 Å².